The van der Waals surface area contributed by atoms with E-state index in [9.17, 15) is 14.7 Å². The quantitative estimate of drug-likeness (QED) is 0.478. The van der Waals surface area contributed by atoms with Crippen molar-refractivity contribution >= 4 is 25.6 Å². The van der Waals surface area contributed by atoms with E-state index in [4.69, 9.17) is 13.0 Å². The van der Waals surface area contributed by atoms with Crippen LogP contribution in [0.2, 0.25) is 0 Å². The van der Waals surface area contributed by atoms with Gasteiger partial charge < -0.3 is 10.2 Å². The van der Waals surface area contributed by atoms with Crippen LogP contribution < -0.4 is 5.46 Å². The summed E-state index contributed by atoms with van der Waals surface area (Å²) in [7, 11) is 5.31. The maximum Gasteiger partial charge on any atom is 0.339 e. The van der Waals surface area contributed by atoms with Gasteiger partial charge in [0.2, 0.25) is 0 Å². The molecule has 0 aliphatic heterocycles. The summed E-state index contributed by atoms with van der Waals surface area (Å²) in [6.07, 6.45) is 0.345. The third kappa shape index (κ3) is 1.69. The van der Waals surface area contributed by atoms with Crippen molar-refractivity contribution in [2.75, 3.05) is 0 Å². The van der Waals surface area contributed by atoms with Gasteiger partial charge in [0.25, 0.3) is 0 Å². The summed E-state index contributed by atoms with van der Waals surface area (Å²) in [5, 5.41) is 17.8. The highest BCUT2D eigenvalue weighted by Gasteiger charge is 2.13. The molecular weight excluding hydrogens is 171 g/mol. The van der Waals surface area contributed by atoms with E-state index in [2.05, 4.69) is 0 Å². The Morgan fingerprint density at radius 2 is 2.08 bits per heavy atom. The van der Waals surface area contributed by atoms with Gasteiger partial charge in [0.05, 0.1) is 5.56 Å². The zero-order chi connectivity index (χ0) is 10.0. The molecule has 13 heavy (non-hydrogen) atoms. The molecule has 2 radical (unpaired) electrons. The molecule has 4 nitrogen and oxygen atoms in total. The average Bonchev–Trinajstić information content (AvgIpc) is 2.08. The summed E-state index contributed by atoms with van der Waals surface area (Å²) in [4.78, 5) is 20.9. The number of aldehydes is 1. The summed E-state index contributed by atoms with van der Waals surface area (Å²) < 4.78 is 0. The predicted molar refractivity (Wildman–Crippen MR) is 45.8 cm³/mol. The summed E-state index contributed by atoms with van der Waals surface area (Å²) in [6, 6.07) is 2.29. The van der Waals surface area contributed by atoms with E-state index in [1.165, 1.54) is 6.07 Å². The van der Waals surface area contributed by atoms with E-state index in [0.29, 0.717) is 6.29 Å². The van der Waals surface area contributed by atoms with E-state index in [0.717, 1.165) is 6.07 Å². The third-order valence-electron chi connectivity index (χ3n) is 1.52. The van der Waals surface area contributed by atoms with Crippen LogP contribution in [0.4, 0.5) is 0 Å². The number of aromatic carboxylic acids is 1. The molecule has 0 fully saturated rings. The lowest BCUT2D eigenvalue weighted by Crippen LogP contribution is -2.09. The van der Waals surface area contributed by atoms with Crippen molar-refractivity contribution in [1.29, 1.82) is 0 Å². The molecule has 0 saturated heterocycles. The highest BCUT2D eigenvalue weighted by atomic mass is 16.4. The topological polar surface area (TPSA) is 74.6 Å². The lowest BCUT2D eigenvalue weighted by Gasteiger charge is -2.03. The molecule has 0 aliphatic carbocycles. The smallest absolute Gasteiger partial charge is 0.339 e. The molecular formula is C8H5BO4. The van der Waals surface area contributed by atoms with Crippen LogP contribution in [0.15, 0.2) is 12.1 Å². The second kappa shape index (κ2) is 3.31. The van der Waals surface area contributed by atoms with E-state index in [-0.39, 0.29) is 16.6 Å². The van der Waals surface area contributed by atoms with Gasteiger partial charge >= 0.3 is 5.97 Å². The molecule has 0 atom stereocenters. The molecule has 64 valence electrons. The Morgan fingerprint density at radius 3 is 2.54 bits per heavy atom. The van der Waals surface area contributed by atoms with Crippen LogP contribution in [0.5, 0.6) is 5.75 Å². The lowest BCUT2D eigenvalue weighted by molar-refractivity contribution is 0.0694. The minimum atomic E-state index is -1.33. The maximum atomic E-state index is 10.5. The molecule has 0 heterocycles. The molecule has 1 aromatic rings. The molecule has 0 amide bonds. The fraction of sp³-hybridized carbons (Fsp3) is 0. The van der Waals surface area contributed by atoms with Crippen molar-refractivity contribution < 1.29 is 19.8 Å². The molecule has 0 saturated carbocycles. The van der Waals surface area contributed by atoms with Crippen molar-refractivity contribution in [3.8, 4) is 5.75 Å². The molecule has 0 spiro atoms. The first-order valence-electron chi connectivity index (χ1n) is 3.37. The zero-order valence-corrected chi connectivity index (χ0v) is 6.52. The number of rotatable bonds is 2. The van der Waals surface area contributed by atoms with Crippen molar-refractivity contribution in [1.82, 2.24) is 0 Å². The van der Waals surface area contributed by atoms with Gasteiger partial charge in [0.15, 0.2) is 6.29 Å². The van der Waals surface area contributed by atoms with Gasteiger partial charge in [-0.25, -0.2) is 4.79 Å². The highest BCUT2D eigenvalue weighted by Crippen LogP contribution is 2.19. The largest absolute Gasteiger partial charge is 0.506 e. The molecule has 0 bridgehead atoms. The van der Waals surface area contributed by atoms with Crippen LogP contribution in [0.1, 0.15) is 20.7 Å². The number of carboxylic acid groups (broad SMARTS) is 1. The molecule has 2 N–H and O–H groups in total. The summed E-state index contributed by atoms with van der Waals surface area (Å²) >= 11 is 0. The van der Waals surface area contributed by atoms with Crippen LogP contribution in [0.3, 0.4) is 0 Å². The van der Waals surface area contributed by atoms with Gasteiger partial charge in [-0.1, -0.05) is 17.6 Å². The Hall–Kier alpha value is -1.78. The number of hydrogen-bond donors (Lipinski definition) is 2. The summed E-state index contributed by atoms with van der Waals surface area (Å²) in [6.45, 7) is 0. The van der Waals surface area contributed by atoms with Crippen LogP contribution in [-0.4, -0.2) is 30.3 Å². The van der Waals surface area contributed by atoms with E-state index < -0.39 is 11.7 Å². The Balaban J connectivity index is 3.44. The number of phenols is 1. The Bertz CT molecular complexity index is 373. The second-order valence-corrected chi connectivity index (χ2v) is 2.43. The van der Waals surface area contributed by atoms with Crippen LogP contribution in [0, 0.1) is 0 Å². The Labute approximate surface area is 75.2 Å². The van der Waals surface area contributed by atoms with Crippen LogP contribution in [-0.2, 0) is 0 Å². The van der Waals surface area contributed by atoms with Crippen molar-refractivity contribution in [3.05, 3.63) is 23.3 Å². The molecule has 0 aromatic heterocycles. The molecule has 1 rings (SSSR count). The van der Waals surface area contributed by atoms with Crippen LogP contribution in [0.25, 0.3) is 0 Å². The van der Waals surface area contributed by atoms with Gasteiger partial charge in [-0.2, -0.15) is 0 Å². The number of benzene rings is 1. The Morgan fingerprint density at radius 1 is 1.46 bits per heavy atom. The average molecular weight is 176 g/mol. The number of carboxylic acids is 1. The van der Waals surface area contributed by atoms with Gasteiger partial charge in [-0.05, 0) is 0 Å². The minimum absolute atomic E-state index is 0.123. The normalized spacial score (nSPS) is 9.54. The summed E-state index contributed by atoms with van der Waals surface area (Å²) in [5.41, 5.74) is -0.378. The van der Waals surface area contributed by atoms with Crippen molar-refractivity contribution in [3.63, 3.8) is 0 Å². The van der Waals surface area contributed by atoms with E-state index in [1.54, 1.807) is 0 Å². The van der Waals surface area contributed by atoms with E-state index in [1.807, 2.05) is 0 Å². The molecule has 0 aliphatic rings. The lowest BCUT2D eigenvalue weighted by atomic mass is 9.91. The van der Waals surface area contributed by atoms with Gasteiger partial charge in [0.1, 0.15) is 19.2 Å². The van der Waals surface area contributed by atoms with Gasteiger partial charge in [0, 0.05) is 0 Å². The molecule has 1 aromatic carbocycles. The highest BCUT2D eigenvalue weighted by molar-refractivity contribution is 6.33. The predicted octanol–water partition coefficient (Wildman–Crippen LogP) is -0.303. The first-order chi connectivity index (χ1) is 6.06. The zero-order valence-electron chi connectivity index (χ0n) is 6.52. The number of carbonyl (C=O) groups is 2. The number of hydrogen-bond acceptors (Lipinski definition) is 3. The fourth-order valence-corrected chi connectivity index (χ4v) is 0.933. The standard InChI is InChI=1S/C8H5BO4/c9-5-1-4(3-10)7(11)6(2-5)8(12)13/h1-3,11H,(H,12,13). The first-order valence-corrected chi connectivity index (χ1v) is 3.37. The van der Waals surface area contributed by atoms with Crippen molar-refractivity contribution in [2.45, 2.75) is 0 Å². The SMILES string of the molecule is [B]c1cc(C=O)c(O)c(C(=O)O)c1. The summed E-state index contributed by atoms with van der Waals surface area (Å²) in [5.74, 6) is -1.88. The first kappa shape index (κ1) is 9.31. The monoisotopic (exact) mass is 176 g/mol. The minimum Gasteiger partial charge on any atom is -0.506 e. The maximum absolute atomic E-state index is 10.5. The molecule has 5 heteroatoms. The van der Waals surface area contributed by atoms with Crippen LogP contribution >= 0.6 is 0 Å². The van der Waals surface area contributed by atoms with Crippen molar-refractivity contribution in [2.24, 2.45) is 0 Å². The molecule has 0 unspecified atom stereocenters. The fourth-order valence-electron chi connectivity index (χ4n) is 0.933. The van der Waals surface area contributed by atoms with Gasteiger partial charge in [-0.15, -0.1) is 0 Å². The Kier molecular flexibility index (Phi) is 2.37. The third-order valence-corrected chi connectivity index (χ3v) is 1.52. The van der Waals surface area contributed by atoms with Gasteiger partial charge in [-0.3, -0.25) is 4.79 Å². The second-order valence-electron chi connectivity index (χ2n) is 2.43. The van der Waals surface area contributed by atoms with E-state index >= 15 is 0 Å². The number of carbonyl (C=O) groups excluding carboxylic acids is 1. The number of aromatic hydroxyl groups is 1.